The molecule has 0 radical (unpaired) electrons. The third-order valence-corrected chi connectivity index (χ3v) is 7.66. The minimum Gasteiger partial charge on any atom is -0.493 e. The number of rotatable bonds is 8. The minimum atomic E-state index is -4.19. The highest BCUT2D eigenvalue weighted by atomic mass is 32.2. The summed E-state index contributed by atoms with van der Waals surface area (Å²) in [6.07, 6.45) is 0.761. The smallest absolute Gasteiger partial charge is 0.343 e. The van der Waals surface area contributed by atoms with E-state index in [1.807, 2.05) is 6.92 Å². The number of carbonyl (C=O) groups is 2. The normalized spacial score (nSPS) is 14.1. The Morgan fingerprint density at radius 3 is 2.11 bits per heavy atom. The highest BCUT2D eigenvalue weighted by Crippen LogP contribution is 2.40. The van der Waals surface area contributed by atoms with Crippen LogP contribution in [0.15, 0.2) is 65.6 Å². The van der Waals surface area contributed by atoms with E-state index in [1.54, 1.807) is 48.5 Å². The first-order valence-electron chi connectivity index (χ1n) is 11.4. The topological polar surface area (TPSA) is 114 Å². The van der Waals surface area contributed by atoms with Crippen LogP contribution in [0, 0.1) is 0 Å². The molecule has 0 aliphatic carbocycles. The summed E-state index contributed by atoms with van der Waals surface area (Å²) < 4.78 is 43.5. The number of methoxy groups -OCH3 is 3. The fraction of sp³-hybridized carbons (Fsp3) is 0.231. The maximum atomic E-state index is 13.6. The SMILES string of the molecule is CCc1ccc(N2C(=O)N(CC(=O)Nc3cc(OC)c(OC)c(OC)c3)c3ccccc3S2(=O)=O)cc1. The van der Waals surface area contributed by atoms with Crippen LogP contribution in [0.4, 0.5) is 21.9 Å². The number of ether oxygens (including phenoxy) is 3. The molecule has 0 spiro atoms. The number of sulfonamides is 1. The second-order valence-electron chi connectivity index (χ2n) is 8.09. The van der Waals surface area contributed by atoms with Gasteiger partial charge >= 0.3 is 6.03 Å². The van der Waals surface area contributed by atoms with Crippen molar-refractivity contribution in [2.45, 2.75) is 18.2 Å². The third kappa shape index (κ3) is 4.77. The molecule has 0 fully saturated rings. The van der Waals surface area contributed by atoms with E-state index in [9.17, 15) is 18.0 Å². The van der Waals surface area contributed by atoms with E-state index in [2.05, 4.69) is 5.32 Å². The van der Waals surface area contributed by atoms with Gasteiger partial charge in [-0.1, -0.05) is 31.2 Å². The lowest BCUT2D eigenvalue weighted by Gasteiger charge is -2.35. The number of amides is 3. The zero-order valence-corrected chi connectivity index (χ0v) is 21.7. The van der Waals surface area contributed by atoms with E-state index >= 15 is 0 Å². The van der Waals surface area contributed by atoms with Crippen molar-refractivity contribution < 1.29 is 32.2 Å². The van der Waals surface area contributed by atoms with Gasteiger partial charge in [0.1, 0.15) is 11.4 Å². The lowest BCUT2D eigenvalue weighted by Crippen LogP contribution is -2.53. The lowest BCUT2D eigenvalue weighted by atomic mass is 10.1. The summed E-state index contributed by atoms with van der Waals surface area (Å²) in [5.41, 5.74) is 1.64. The Labute approximate surface area is 215 Å². The Morgan fingerprint density at radius 1 is 0.919 bits per heavy atom. The lowest BCUT2D eigenvalue weighted by molar-refractivity contribution is -0.114. The van der Waals surface area contributed by atoms with Crippen molar-refractivity contribution >= 4 is 39.0 Å². The van der Waals surface area contributed by atoms with Gasteiger partial charge in [-0.2, -0.15) is 4.31 Å². The largest absolute Gasteiger partial charge is 0.493 e. The van der Waals surface area contributed by atoms with E-state index in [0.29, 0.717) is 22.9 Å². The number of anilines is 3. The molecule has 3 aromatic carbocycles. The molecule has 1 aliphatic rings. The van der Waals surface area contributed by atoms with Crippen LogP contribution in [0.3, 0.4) is 0 Å². The van der Waals surface area contributed by atoms with Gasteiger partial charge in [0.25, 0.3) is 10.0 Å². The van der Waals surface area contributed by atoms with E-state index in [0.717, 1.165) is 21.2 Å². The molecule has 11 heteroatoms. The van der Waals surface area contributed by atoms with Crippen molar-refractivity contribution in [1.82, 2.24) is 0 Å². The molecule has 0 aromatic heterocycles. The van der Waals surface area contributed by atoms with Crippen molar-refractivity contribution in [2.24, 2.45) is 0 Å². The molecule has 1 N–H and O–H groups in total. The number of nitrogens with zero attached hydrogens (tertiary/aromatic N) is 2. The monoisotopic (exact) mass is 525 g/mol. The van der Waals surface area contributed by atoms with Gasteiger partial charge in [0.05, 0.1) is 32.7 Å². The summed E-state index contributed by atoms with van der Waals surface area (Å²) in [7, 11) is 0.177. The number of benzene rings is 3. The Balaban J connectivity index is 1.68. The number of para-hydroxylation sites is 1. The van der Waals surface area contributed by atoms with Crippen LogP contribution in [0.5, 0.6) is 17.2 Å². The zero-order valence-electron chi connectivity index (χ0n) is 20.8. The molecule has 1 heterocycles. The van der Waals surface area contributed by atoms with Gasteiger partial charge in [0.2, 0.25) is 11.7 Å². The molecule has 0 saturated carbocycles. The highest BCUT2D eigenvalue weighted by molar-refractivity contribution is 7.94. The summed E-state index contributed by atoms with van der Waals surface area (Å²) in [5.74, 6) is 0.477. The fourth-order valence-electron chi connectivity index (χ4n) is 4.08. The Hall–Kier alpha value is -4.25. The number of hydrogen-bond acceptors (Lipinski definition) is 7. The summed E-state index contributed by atoms with van der Waals surface area (Å²) in [5, 5.41) is 2.72. The molecule has 4 rings (SSSR count). The van der Waals surface area contributed by atoms with Gasteiger partial charge in [-0.25, -0.2) is 13.2 Å². The average Bonchev–Trinajstić information content (AvgIpc) is 2.90. The predicted octanol–water partition coefficient (Wildman–Crippen LogP) is 4.05. The van der Waals surface area contributed by atoms with E-state index in [4.69, 9.17) is 14.2 Å². The molecule has 1 aliphatic heterocycles. The summed E-state index contributed by atoms with van der Waals surface area (Å²) >= 11 is 0. The average molecular weight is 526 g/mol. The van der Waals surface area contributed by atoms with Gasteiger partial charge in [-0.3, -0.25) is 9.69 Å². The molecule has 194 valence electrons. The molecular formula is C26H27N3O7S. The number of fused-ring (bicyclic) bond motifs is 1. The molecule has 3 aromatic rings. The molecule has 0 saturated heterocycles. The first kappa shape index (κ1) is 25.8. The van der Waals surface area contributed by atoms with Crippen LogP contribution in [0.1, 0.15) is 12.5 Å². The fourth-order valence-corrected chi connectivity index (χ4v) is 5.67. The van der Waals surface area contributed by atoms with E-state index < -0.39 is 28.5 Å². The van der Waals surface area contributed by atoms with Gasteiger partial charge in [-0.15, -0.1) is 0 Å². The molecule has 3 amide bonds. The number of urea groups is 1. The number of hydrogen-bond donors (Lipinski definition) is 1. The summed E-state index contributed by atoms with van der Waals surface area (Å²) in [6, 6.07) is 15.0. The highest BCUT2D eigenvalue weighted by Gasteiger charge is 2.43. The minimum absolute atomic E-state index is 0.0743. The van der Waals surface area contributed by atoms with Gasteiger partial charge in [0.15, 0.2) is 11.5 Å². The van der Waals surface area contributed by atoms with Gasteiger partial charge in [0, 0.05) is 17.8 Å². The Bertz CT molecular complexity index is 1410. The number of aryl methyl sites for hydroxylation is 1. The Kier molecular flexibility index (Phi) is 7.25. The molecule has 37 heavy (non-hydrogen) atoms. The van der Waals surface area contributed by atoms with Gasteiger partial charge < -0.3 is 19.5 Å². The quantitative estimate of drug-likeness (QED) is 0.472. The van der Waals surface area contributed by atoms with Crippen molar-refractivity contribution in [3.05, 3.63) is 66.2 Å². The first-order chi connectivity index (χ1) is 17.7. The van der Waals surface area contributed by atoms with Crippen LogP contribution < -0.4 is 28.7 Å². The molecule has 10 nitrogen and oxygen atoms in total. The van der Waals surface area contributed by atoms with Crippen LogP contribution >= 0.6 is 0 Å². The molecule has 0 atom stereocenters. The summed E-state index contributed by atoms with van der Waals surface area (Å²) in [4.78, 5) is 27.7. The predicted molar refractivity (Wildman–Crippen MR) is 139 cm³/mol. The Morgan fingerprint density at radius 2 is 1.54 bits per heavy atom. The van der Waals surface area contributed by atoms with Crippen LogP contribution in [-0.4, -0.2) is 48.2 Å². The van der Waals surface area contributed by atoms with Crippen molar-refractivity contribution in [2.75, 3.05) is 42.4 Å². The van der Waals surface area contributed by atoms with Crippen molar-refractivity contribution in [3.63, 3.8) is 0 Å². The maximum absolute atomic E-state index is 13.6. The molecule has 0 unspecified atom stereocenters. The van der Waals surface area contributed by atoms with Crippen LogP contribution in [-0.2, 0) is 21.2 Å². The van der Waals surface area contributed by atoms with E-state index in [-0.39, 0.29) is 16.3 Å². The third-order valence-electron chi connectivity index (χ3n) is 5.91. The number of nitrogens with one attached hydrogen (secondary N) is 1. The molecule has 0 bridgehead atoms. The zero-order chi connectivity index (χ0) is 26.7. The summed E-state index contributed by atoms with van der Waals surface area (Å²) in [6.45, 7) is 1.54. The maximum Gasteiger partial charge on any atom is 0.343 e. The van der Waals surface area contributed by atoms with E-state index in [1.165, 1.54) is 33.5 Å². The second kappa shape index (κ2) is 10.4. The van der Waals surface area contributed by atoms with Crippen molar-refractivity contribution in [1.29, 1.82) is 0 Å². The number of carbonyl (C=O) groups excluding carboxylic acids is 2. The van der Waals surface area contributed by atoms with Crippen LogP contribution in [0.2, 0.25) is 0 Å². The van der Waals surface area contributed by atoms with Crippen molar-refractivity contribution in [3.8, 4) is 17.2 Å². The standard InChI is InChI=1S/C26H27N3O7S/c1-5-17-10-12-19(13-11-17)29-26(31)28(20-8-6-7-9-23(20)37(29,32)33)16-24(30)27-18-14-21(34-2)25(36-4)22(15-18)35-3/h6-15H,5,16H2,1-4H3,(H,27,30). The molecular weight excluding hydrogens is 498 g/mol. The second-order valence-corrected chi connectivity index (χ2v) is 9.84. The van der Waals surface area contributed by atoms with Crippen LogP contribution in [0.25, 0.3) is 0 Å². The first-order valence-corrected chi connectivity index (χ1v) is 12.8. The van der Waals surface area contributed by atoms with Gasteiger partial charge in [-0.05, 0) is 36.2 Å².